The van der Waals surface area contributed by atoms with E-state index in [1.807, 2.05) is 30.3 Å². The van der Waals surface area contributed by atoms with E-state index in [0.29, 0.717) is 0 Å². The highest BCUT2D eigenvalue weighted by molar-refractivity contribution is 5.81. The van der Waals surface area contributed by atoms with Gasteiger partial charge in [0.05, 0.1) is 7.11 Å². The lowest BCUT2D eigenvalue weighted by atomic mass is 10.2. The number of nitrogens with zero attached hydrogens (tertiary/aromatic N) is 2. The van der Waals surface area contributed by atoms with Crippen LogP contribution in [-0.2, 0) is 25.6 Å². The molecule has 28 heavy (non-hydrogen) atoms. The number of carbonyl (C=O) groups is 3. The molecule has 2 rings (SSSR count). The molecular weight excluding hydrogens is 364 g/mol. The molecule has 2 amide bonds. The van der Waals surface area contributed by atoms with Gasteiger partial charge in [-0.3, -0.25) is 4.90 Å². The average molecular weight is 392 g/mol. The Bertz CT molecular complexity index is 686. The fraction of sp³-hybridized carbons (Fsp3) is 0.550. The Labute approximate surface area is 165 Å². The molecule has 1 aliphatic rings. The van der Waals surface area contributed by atoms with Crippen LogP contribution in [0.2, 0.25) is 0 Å². The predicted molar refractivity (Wildman–Crippen MR) is 102 cm³/mol. The summed E-state index contributed by atoms with van der Waals surface area (Å²) >= 11 is 0. The zero-order valence-corrected chi connectivity index (χ0v) is 16.8. The first-order valence-electron chi connectivity index (χ1n) is 9.24. The molecule has 0 bridgehead atoms. The molecule has 0 spiro atoms. The molecule has 0 aliphatic carbocycles. The van der Waals surface area contributed by atoms with Gasteiger partial charge in [-0.25, -0.2) is 14.4 Å². The molecule has 8 nitrogen and oxygen atoms in total. The predicted octanol–water partition coefficient (Wildman–Crippen LogP) is 2.81. The van der Waals surface area contributed by atoms with E-state index >= 15 is 0 Å². The Balaban J connectivity index is 2.06. The van der Waals surface area contributed by atoms with Crippen molar-refractivity contribution in [1.29, 1.82) is 0 Å². The zero-order chi connectivity index (χ0) is 20.7. The molecule has 1 fully saturated rings. The van der Waals surface area contributed by atoms with Gasteiger partial charge in [-0.2, -0.15) is 0 Å². The van der Waals surface area contributed by atoms with Gasteiger partial charge in [0.15, 0.2) is 0 Å². The monoisotopic (exact) mass is 392 g/mol. The SMILES string of the molecule is COC(=O)C1CCN(C(=O)OC(C)(C)C)CCN1C(=O)OCc1ccccc1. The summed E-state index contributed by atoms with van der Waals surface area (Å²) in [5.41, 5.74) is 0.218. The van der Waals surface area contributed by atoms with Gasteiger partial charge in [-0.05, 0) is 32.8 Å². The van der Waals surface area contributed by atoms with Gasteiger partial charge in [-0.1, -0.05) is 30.3 Å². The van der Waals surface area contributed by atoms with Gasteiger partial charge in [0.2, 0.25) is 0 Å². The van der Waals surface area contributed by atoms with Gasteiger partial charge in [0.1, 0.15) is 18.2 Å². The van der Waals surface area contributed by atoms with Crippen LogP contribution >= 0.6 is 0 Å². The lowest BCUT2D eigenvalue weighted by molar-refractivity contribution is -0.146. The highest BCUT2D eigenvalue weighted by atomic mass is 16.6. The molecule has 0 radical (unpaired) electrons. The van der Waals surface area contributed by atoms with Crippen molar-refractivity contribution in [3.63, 3.8) is 0 Å². The largest absolute Gasteiger partial charge is 0.467 e. The smallest absolute Gasteiger partial charge is 0.410 e. The summed E-state index contributed by atoms with van der Waals surface area (Å²) in [6.07, 6.45) is -0.854. The minimum atomic E-state index is -0.819. The molecule has 1 aliphatic heterocycles. The Hall–Kier alpha value is -2.77. The maximum Gasteiger partial charge on any atom is 0.410 e. The minimum absolute atomic E-state index is 0.0971. The van der Waals surface area contributed by atoms with E-state index in [1.165, 1.54) is 16.9 Å². The number of benzene rings is 1. The van der Waals surface area contributed by atoms with Crippen molar-refractivity contribution in [1.82, 2.24) is 9.80 Å². The Kier molecular flexibility index (Phi) is 7.25. The Morgan fingerprint density at radius 2 is 1.71 bits per heavy atom. The van der Waals surface area contributed by atoms with Crippen molar-refractivity contribution < 1.29 is 28.6 Å². The summed E-state index contributed by atoms with van der Waals surface area (Å²) in [6, 6.07) is 8.45. The van der Waals surface area contributed by atoms with Gasteiger partial charge < -0.3 is 19.1 Å². The Morgan fingerprint density at radius 3 is 2.32 bits per heavy atom. The van der Waals surface area contributed by atoms with E-state index in [9.17, 15) is 14.4 Å². The van der Waals surface area contributed by atoms with Crippen LogP contribution < -0.4 is 0 Å². The maximum absolute atomic E-state index is 12.6. The van der Waals surface area contributed by atoms with Crippen LogP contribution in [0.4, 0.5) is 9.59 Å². The maximum atomic E-state index is 12.6. The fourth-order valence-electron chi connectivity index (χ4n) is 2.84. The van der Waals surface area contributed by atoms with Crippen molar-refractivity contribution >= 4 is 18.2 Å². The summed E-state index contributed by atoms with van der Waals surface area (Å²) < 4.78 is 15.6. The molecule has 1 heterocycles. The second-order valence-electron chi connectivity index (χ2n) is 7.53. The van der Waals surface area contributed by atoms with Gasteiger partial charge in [0, 0.05) is 19.6 Å². The number of hydrogen-bond donors (Lipinski definition) is 0. The first kappa shape index (κ1) is 21.5. The van der Waals surface area contributed by atoms with E-state index in [4.69, 9.17) is 14.2 Å². The van der Waals surface area contributed by atoms with Crippen molar-refractivity contribution in [2.75, 3.05) is 26.7 Å². The number of ether oxygens (including phenoxy) is 3. The summed E-state index contributed by atoms with van der Waals surface area (Å²) in [4.78, 5) is 40.0. The summed E-state index contributed by atoms with van der Waals surface area (Å²) in [5.74, 6) is -0.539. The second-order valence-corrected chi connectivity index (χ2v) is 7.53. The number of methoxy groups -OCH3 is 1. The molecular formula is C20H28N2O6. The summed E-state index contributed by atoms with van der Waals surface area (Å²) in [6.45, 7) is 6.11. The van der Waals surface area contributed by atoms with E-state index in [1.54, 1.807) is 20.8 Å². The topological polar surface area (TPSA) is 85.4 Å². The molecule has 1 unspecified atom stereocenters. The third-order valence-corrected chi connectivity index (χ3v) is 4.22. The van der Waals surface area contributed by atoms with Crippen LogP contribution in [0.3, 0.4) is 0 Å². The average Bonchev–Trinajstić information content (AvgIpc) is 2.88. The van der Waals surface area contributed by atoms with Crippen LogP contribution in [0.1, 0.15) is 32.8 Å². The highest BCUT2D eigenvalue weighted by Gasteiger charge is 2.36. The standard InChI is InChI=1S/C20H28N2O6/c1-20(2,3)28-18(24)21-11-10-16(17(23)26-4)22(13-12-21)19(25)27-14-15-8-6-5-7-9-15/h5-9,16H,10-14H2,1-4H3. The third kappa shape index (κ3) is 6.14. The third-order valence-electron chi connectivity index (χ3n) is 4.22. The number of rotatable bonds is 3. The number of esters is 1. The van der Waals surface area contributed by atoms with E-state index in [0.717, 1.165) is 5.56 Å². The molecule has 1 saturated heterocycles. The summed E-state index contributed by atoms with van der Waals surface area (Å²) in [5, 5.41) is 0. The molecule has 8 heteroatoms. The van der Waals surface area contributed by atoms with Crippen molar-refractivity contribution in [3.8, 4) is 0 Å². The normalized spacial score (nSPS) is 17.5. The number of amides is 2. The zero-order valence-electron chi connectivity index (χ0n) is 16.8. The minimum Gasteiger partial charge on any atom is -0.467 e. The van der Waals surface area contributed by atoms with E-state index < -0.39 is 29.8 Å². The highest BCUT2D eigenvalue weighted by Crippen LogP contribution is 2.17. The molecule has 0 aromatic heterocycles. The Morgan fingerprint density at radius 1 is 1.04 bits per heavy atom. The first-order valence-corrected chi connectivity index (χ1v) is 9.24. The molecule has 0 saturated carbocycles. The van der Waals surface area contributed by atoms with Crippen molar-refractivity contribution in [2.45, 2.75) is 45.4 Å². The molecule has 0 N–H and O–H groups in total. The van der Waals surface area contributed by atoms with Crippen LogP contribution in [0, 0.1) is 0 Å². The fourth-order valence-corrected chi connectivity index (χ4v) is 2.84. The van der Waals surface area contributed by atoms with Crippen molar-refractivity contribution in [3.05, 3.63) is 35.9 Å². The van der Waals surface area contributed by atoms with Crippen molar-refractivity contribution in [2.24, 2.45) is 0 Å². The van der Waals surface area contributed by atoms with E-state index in [-0.39, 0.29) is 32.7 Å². The second kappa shape index (κ2) is 9.43. The van der Waals surface area contributed by atoms with Gasteiger partial charge in [-0.15, -0.1) is 0 Å². The van der Waals surface area contributed by atoms with Gasteiger partial charge in [0.25, 0.3) is 0 Å². The van der Waals surface area contributed by atoms with Crippen LogP contribution in [0.15, 0.2) is 30.3 Å². The molecule has 154 valence electrons. The number of carbonyl (C=O) groups excluding carboxylic acids is 3. The van der Waals surface area contributed by atoms with Gasteiger partial charge >= 0.3 is 18.2 Å². The lowest BCUT2D eigenvalue weighted by Crippen LogP contribution is -2.46. The lowest BCUT2D eigenvalue weighted by Gasteiger charge is -2.27. The molecule has 1 aromatic rings. The molecule has 1 aromatic carbocycles. The quantitative estimate of drug-likeness (QED) is 0.581. The summed E-state index contributed by atoms with van der Waals surface area (Å²) in [7, 11) is 1.27. The van der Waals surface area contributed by atoms with Crippen LogP contribution in [-0.4, -0.2) is 66.3 Å². The van der Waals surface area contributed by atoms with Crippen LogP contribution in [0.25, 0.3) is 0 Å². The van der Waals surface area contributed by atoms with Crippen LogP contribution in [0.5, 0.6) is 0 Å². The van der Waals surface area contributed by atoms with E-state index in [2.05, 4.69) is 0 Å². The molecule has 1 atom stereocenters. The first-order chi connectivity index (χ1) is 13.2. The number of hydrogen-bond acceptors (Lipinski definition) is 6.